The van der Waals surface area contributed by atoms with Crippen LogP contribution in [0.3, 0.4) is 0 Å². The van der Waals surface area contributed by atoms with Crippen molar-refractivity contribution < 1.29 is 0 Å². The van der Waals surface area contributed by atoms with E-state index in [9.17, 15) is 0 Å². The highest BCUT2D eigenvalue weighted by Crippen LogP contribution is 2.29. The molecule has 0 radical (unpaired) electrons. The zero-order valence-electron chi connectivity index (χ0n) is 10.4. The molecule has 2 unspecified atom stereocenters. The van der Waals surface area contributed by atoms with E-state index in [1.165, 1.54) is 25.0 Å². The molecule has 0 aliphatic carbocycles. The first-order chi connectivity index (χ1) is 8.31. The van der Waals surface area contributed by atoms with Gasteiger partial charge in [0.2, 0.25) is 0 Å². The molecule has 3 nitrogen and oxygen atoms in total. The fourth-order valence-electron chi connectivity index (χ4n) is 2.36. The molecule has 94 valence electrons. The average Bonchev–Trinajstić information content (AvgIpc) is 2.39. The fraction of sp³-hybridized carbons (Fsp3) is 0.615. The van der Waals surface area contributed by atoms with Crippen LogP contribution in [0.1, 0.15) is 24.8 Å². The van der Waals surface area contributed by atoms with Crippen LogP contribution in [0.4, 0.5) is 5.82 Å². The summed E-state index contributed by atoms with van der Waals surface area (Å²) < 4.78 is 0. The van der Waals surface area contributed by atoms with E-state index in [1.54, 1.807) is 6.20 Å². The minimum atomic E-state index is 0.506. The van der Waals surface area contributed by atoms with Gasteiger partial charge in [-0.3, -0.25) is 0 Å². The molecule has 4 heteroatoms. The monoisotopic (exact) mass is 251 g/mol. The molecule has 0 bridgehead atoms. The molecule has 1 aromatic heterocycles. The lowest BCUT2D eigenvalue weighted by atomic mass is 10.00. The van der Waals surface area contributed by atoms with Gasteiger partial charge in [-0.1, -0.05) is 12.5 Å². The number of pyridine rings is 1. The molecule has 2 rings (SSSR count). The van der Waals surface area contributed by atoms with Crippen molar-refractivity contribution in [2.24, 2.45) is 0 Å². The maximum atomic E-state index is 5.91. The molecule has 0 amide bonds. The van der Waals surface area contributed by atoms with E-state index in [-0.39, 0.29) is 0 Å². The molecule has 2 heterocycles. The number of nitrogens with zero attached hydrogens (tertiary/aromatic N) is 1. The van der Waals surface area contributed by atoms with Crippen molar-refractivity contribution in [1.82, 2.24) is 10.3 Å². The Morgan fingerprint density at radius 3 is 3.12 bits per heavy atom. The molecule has 0 saturated carbocycles. The van der Waals surface area contributed by atoms with Gasteiger partial charge in [0.25, 0.3) is 0 Å². The summed E-state index contributed by atoms with van der Waals surface area (Å²) in [6, 6.07) is 4.55. The lowest BCUT2D eigenvalue weighted by Gasteiger charge is -2.29. The SMILES string of the molecule is CNC(Cc1cccnc1N)C1CCCCS1. The van der Waals surface area contributed by atoms with Crippen LogP contribution < -0.4 is 11.1 Å². The van der Waals surface area contributed by atoms with Crippen LogP contribution in [0.5, 0.6) is 0 Å². The highest BCUT2D eigenvalue weighted by Gasteiger charge is 2.23. The summed E-state index contributed by atoms with van der Waals surface area (Å²) in [7, 11) is 2.05. The number of nitrogens with one attached hydrogen (secondary N) is 1. The molecule has 2 atom stereocenters. The van der Waals surface area contributed by atoms with Gasteiger partial charge in [-0.15, -0.1) is 0 Å². The lowest BCUT2D eigenvalue weighted by molar-refractivity contribution is 0.495. The Labute approximate surface area is 108 Å². The maximum absolute atomic E-state index is 5.91. The summed E-state index contributed by atoms with van der Waals surface area (Å²) in [5.74, 6) is 1.97. The number of hydrogen-bond donors (Lipinski definition) is 2. The summed E-state index contributed by atoms with van der Waals surface area (Å²) in [4.78, 5) is 4.15. The maximum Gasteiger partial charge on any atom is 0.126 e. The fourth-order valence-corrected chi connectivity index (χ4v) is 3.83. The summed E-state index contributed by atoms with van der Waals surface area (Å²) >= 11 is 2.10. The highest BCUT2D eigenvalue weighted by molar-refractivity contribution is 8.00. The van der Waals surface area contributed by atoms with Crippen molar-refractivity contribution in [2.75, 3.05) is 18.5 Å². The van der Waals surface area contributed by atoms with Crippen molar-refractivity contribution in [1.29, 1.82) is 0 Å². The minimum absolute atomic E-state index is 0.506. The molecular formula is C13H21N3S. The first-order valence-corrected chi connectivity index (χ1v) is 7.34. The summed E-state index contributed by atoms with van der Waals surface area (Å²) in [5.41, 5.74) is 7.07. The highest BCUT2D eigenvalue weighted by atomic mass is 32.2. The number of thioether (sulfide) groups is 1. The van der Waals surface area contributed by atoms with E-state index < -0.39 is 0 Å². The topological polar surface area (TPSA) is 50.9 Å². The van der Waals surface area contributed by atoms with Crippen molar-refractivity contribution in [3.63, 3.8) is 0 Å². The summed E-state index contributed by atoms with van der Waals surface area (Å²) in [6.07, 6.45) is 6.78. The Morgan fingerprint density at radius 1 is 1.59 bits per heavy atom. The predicted octanol–water partition coefficient (Wildman–Crippen LogP) is 2.08. The van der Waals surface area contributed by atoms with Gasteiger partial charge in [0.15, 0.2) is 0 Å². The molecule has 1 aromatic rings. The molecule has 0 aromatic carbocycles. The normalized spacial score (nSPS) is 22.3. The largest absolute Gasteiger partial charge is 0.383 e. The second-order valence-electron chi connectivity index (χ2n) is 4.55. The number of nitrogen functional groups attached to an aromatic ring is 1. The third-order valence-electron chi connectivity index (χ3n) is 3.40. The molecule has 1 saturated heterocycles. The molecule has 0 spiro atoms. The van der Waals surface area contributed by atoms with Crippen LogP contribution in [0.2, 0.25) is 0 Å². The number of hydrogen-bond acceptors (Lipinski definition) is 4. The Hall–Kier alpha value is -0.740. The van der Waals surface area contributed by atoms with Gasteiger partial charge in [0, 0.05) is 17.5 Å². The van der Waals surface area contributed by atoms with E-state index in [0.717, 1.165) is 12.0 Å². The Bertz CT molecular complexity index is 350. The van der Waals surface area contributed by atoms with E-state index >= 15 is 0 Å². The molecule has 3 N–H and O–H groups in total. The number of aromatic nitrogens is 1. The van der Waals surface area contributed by atoms with Gasteiger partial charge in [-0.25, -0.2) is 4.98 Å². The van der Waals surface area contributed by atoms with Crippen LogP contribution in [0, 0.1) is 0 Å². The summed E-state index contributed by atoms with van der Waals surface area (Å²) in [5, 5.41) is 4.16. The third kappa shape index (κ3) is 3.36. The Balaban J connectivity index is 2.01. The van der Waals surface area contributed by atoms with Crippen LogP contribution in [-0.4, -0.2) is 29.1 Å². The van der Waals surface area contributed by atoms with Crippen LogP contribution in [-0.2, 0) is 6.42 Å². The van der Waals surface area contributed by atoms with Crippen molar-refractivity contribution >= 4 is 17.6 Å². The lowest BCUT2D eigenvalue weighted by Crippen LogP contribution is -2.39. The minimum Gasteiger partial charge on any atom is -0.383 e. The second kappa shape index (κ2) is 6.26. The quantitative estimate of drug-likeness (QED) is 0.860. The third-order valence-corrected chi connectivity index (χ3v) is 4.92. The van der Waals surface area contributed by atoms with E-state index in [4.69, 9.17) is 5.73 Å². The van der Waals surface area contributed by atoms with Crippen molar-refractivity contribution in [3.05, 3.63) is 23.9 Å². The number of likely N-dealkylation sites (N-methyl/N-ethyl adjacent to an activating group) is 1. The van der Waals surface area contributed by atoms with E-state index in [1.807, 2.05) is 13.1 Å². The van der Waals surface area contributed by atoms with Gasteiger partial charge < -0.3 is 11.1 Å². The number of nitrogens with two attached hydrogens (primary N) is 1. The van der Waals surface area contributed by atoms with Crippen molar-refractivity contribution in [2.45, 2.75) is 37.0 Å². The molecule has 1 fully saturated rings. The average molecular weight is 251 g/mol. The first kappa shape index (κ1) is 12.7. The second-order valence-corrected chi connectivity index (χ2v) is 5.90. The van der Waals surface area contributed by atoms with Crippen LogP contribution in [0.15, 0.2) is 18.3 Å². The predicted molar refractivity (Wildman–Crippen MR) is 75.3 cm³/mol. The zero-order chi connectivity index (χ0) is 12.1. The molecular weight excluding hydrogens is 230 g/mol. The van der Waals surface area contributed by atoms with Crippen LogP contribution >= 0.6 is 11.8 Å². The molecule has 1 aliphatic heterocycles. The molecule has 1 aliphatic rings. The zero-order valence-corrected chi connectivity index (χ0v) is 11.2. The smallest absolute Gasteiger partial charge is 0.126 e. The van der Waals surface area contributed by atoms with Gasteiger partial charge in [0.1, 0.15) is 5.82 Å². The van der Waals surface area contributed by atoms with Gasteiger partial charge in [0.05, 0.1) is 0 Å². The number of anilines is 1. The summed E-state index contributed by atoms with van der Waals surface area (Å²) in [6.45, 7) is 0. The van der Waals surface area contributed by atoms with Crippen LogP contribution in [0.25, 0.3) is 0 Å². The Kier molecular flexibility index (Phi) is 4.68. The molecule has 17 heavy (non-hydrogen) atoms. The van der Waals surface area contributed by atoms with E-state index in [2.05, 4.69) is 28.1 Å². The number of rotatable bonds is 4. The van der Waals surface area contributed by atoms with E-state index in [0.29, 0.717) is 17.1 Å². The van der Waals surface area contributed by atoms with Gasteiger partial charge in [-0.2, -0.15) is 11.8 Å². The first-order valence-electron chi connectivity index (χ1n) is 6.29. The van der Waals surface area contributed by atoms with Crippen molar-refractivity contribution in [3.8, 4) is 0 Å². The van der Waals surface area contributed by atoms with Gasteiger partial charge >= 0.3 is 0 Å². The standard InChI is InChI=1S/C13H21N3S/c1-15-11(12-6-2-3-8-17-12)9-10-5-4-7-16-13(10)14/h4-5,7,11-12,15H,2-3,6,8-9H2,1H3,(H2,14,16). The van der Waals surface area contributed by atoms with Gasteiger partial charge in [-0.05, 0) is 43.7 Å². The Morgan fingerprint density at radius 2 is 2.47 bits per heavy atom.